The zero-order valence-electron chi connectivity index (χ0n) is 13.8. The molecule has 3 rings (SSSR count). The van der Waals surface area contributed by atoms with Crippen molar-refractivity contribution in [3.05, 3.63) is 23.5 Å². The summed E-state index contributed by atoms with van der Waals surface area (Å²) >= 11 is 0. The fraction of sp³-hybridized carbons (Fsp3) is 0.706. The van der Waals surface area contributed by atoms with E-state index in [9.17, 15) is 4.79 Å². The van der Waals surface area contributed by atoms with Gasteiger partial charge in [0.05, 0.1) is 25.7 Å². The van der Waals surface area contributed by atoms with Crippen LogP contribution in [0.15, 0.2) is 23.5 Å². The van der Waals surface area contributed by atoms with Crippen LogP contribution in [-0.4, -0.2) is 50.0 Å². The van der Waals surface area contributed by atoms with E-state index in [1.807, 2.05) is 6.92 Å². The molecular formula is C17H24O5. The molecule has 1 aliphatic carbocycles. The predicted molar refractivity (Wildman–Crippen MR) is 80.4 cm³/mol. The van der Waals surface area contributed by atoms with Crippen molar-refractivity contribution in [1.82, 2.24) is 0 Å². The molecule has 3 aliphatic rings. The number of carbonyl (C=O) groups excluding carboxylic acids is 1. The maximum absolute atomic E-state index is 12.4. The number of rotatable bonds is 5. The SMILES string of the molecule is COC1=CC(=O)[C@@H](OC)[C@H]([C@@]2(C)O[C@@H]2CC=C(C)C)[C@@]12CO2. The Hall–Kier alpha value is -1.17. The molecule has 2 aliphatic heterocycles. The smallest absolute Gasteiger partial charge is 0.188 e. The molecule has 2 heterocycles. The van der Waals surface area contributed by atoms with Crippen molar-refractivity contribution in [1.29, 1.82) is 0 Å². The maximum atomic E-state index is 12.4. The van der Waals surface area contributed by atoms with Gasteiger partial charge < -0.3 is 18.9 Å². The number of epoxide rings is 2. The van der Waals surface area contributed by atoms with Crippen molar-refractivity contribution < 1.29 is 23.7 Å². The van der Waals surface area contributed by atoms with Gasteiger partial charge >= 0.3 is 0 Å². The molecule has 0 amide bonds. The molecule has 0 aromatic rings. The summed E-state index contributed by atoms with van der Waals surface area (Å²) in [7, 11) is 3.14. The van der Waals surface area contributed by atoms with Gasteiger partial charge in [0.2, 0.25) is 0 Å². The Balaban J connectivity index is 1.90. The van der Waals surface area contributed by atoms with Crippen molar-refractivity contribution in [2.45, 2.75) is 50.6 Å². The highest BCUT2D eigenvalue weighted by molar-refractivity contribution is 5.96. The lowest BCUT2D eigenvalue weighted by Crippen LogP contribution is -2.53. The molecule has 122 valence electrons. The van der Waals surface area contributed by atoms with E-state index >= 15 is 0 Å². The third-order valence-corrected chi connectivity index (χ3v) is 5.04. The molecule has 2 saturated heterocycles. The zero-order chi connectivity index (χ0) is 16.1. The number of hydrogen-bond donors (Lipinski definition) is 0. The topological polar surface area (TPSA) is 60.6 Å². The van der Waals surface area contributed by atoms with Gasteiger partial charge in [-0.1, -0.05) is 11.6 Å². The largest absolute Gasteiger partial charge is 0.498 e. The van der Waals surface area contributed by atoms with E-state index in [-0.39, 0.29) is 17.8 Å². The van der Waals surface area contributed by atoms with Gasteiger partial charge in [-0.05, 0) is 27.2 Å². The Bertz CT molecular complexity index is 541. The van der Waals surface area contributed by atoms with Gasteiger partial charge in [0.15, 0.2) is 11.4 Å². The molecule has 0 aromatic carbocycles. The number of ketones is 1. The van der Waals surface area contributed by atoms with Crippen LogP contribution >= 0.6 is 0 Å². The van der Waals surface area contributed by atoms with Gasteiger partial charge in [-0.3, -0.25) is 4.79 Å². The van der Waals surface area contributed by atoms with E-state index < -0.39 is 17.3 Å². The molecule has 5 heteroatoms. The molecule has 2 fully saturated rings. The molecular weight excluding hydrogens is 284 g/mol. The van der Waals surface area contributed by atoms with Crippen LogP contribution in [0.4, 0.5) is 0 Å². The van der Waals surface area contributed by atoms with Crippen molar-refractivity contribution in [2.24, 2.45) is 5.92 Å². The Kier molecular flexibility index (Phi) is 3.70. The van der Waals surface area contributed by atoms with Crippen LogP contribution in [0, 0.1) is 5.92 Å². The average molecular weight is 308 g/mol. The van der Waals surface area contributed by atoms with Crippen LogP contribution in [0.5, 0.6) is 0 Å². The van der Waals surface area contributed by atoms with Gasteiger partial charge in [-0.2, -0.15) is 0 Å². The van der Waals surface area contributed by atoms with Gasteiger partial charge in [-0.25, -0.2) is 0 Å². The number of carbonyl (C=O) groups is 1. The molecule has 0 bridgehead atoms. The van der Waals surface area contributed by atoms with Gasteiger partial charge in [0.1, 0.15) is 17.5 Å². The summed E-state index contributed by atoms with van der Waals surface area (Å²) in [5.41, 5.74) is 0.255. The fourth-order valence-electron chi connectivity index (χ4n) is 3.71. The van der Waals surface area contributed by atoms with E-state index in [2.05, 4.69) is 19.9 Å². The minimum Gasteiger partial charge on any atom is -0.498 e. The lowest BCUT2D eigenvalue weighted by molar-refractivity contribution is -0.134. The second-order valence-electron chi connectivity index (χ2n) is 6.73. The number of allylic oxidation sites excluding steroid dienone is 1. The highest BCUT2D eigenvalue weighted by atomic mass is 16.6. The zero-order valence-corrected chi connectivity index (χ0v) is 13.8. The van der Waals surface area contributed by atoms with Crippen LogP contribution in [0.3, 0.4) is 0 Å². The Morgan fingerprint density at radius 1 is 1.45 bits per heavy atom. The normalized spacial score (nSPS) is 42.9. The van der Waals surface area contributed by atoms with Crippen molar-refractivity contribution in [2.75, 3.05) is 20.8 Å². The van der Waals surface area contributed by atoms with E-state index in [1.54, 1.807) is 14.2 Å². The minimum absolute atomic E-state index is 0.0788. The first kappa shape index (κ1) is 15.7. The van der Waals surface area contributed by atoms with Crippen molar-refractivity contribution in [3.63, 3.8) is 0 Å². The van der Waals surface area contributed by atoms with Crippen LogP contribution in [0.25, 0.3) is 0 Å². The van der Waals surface area contributed by atoms with Gasteiger partial charge in [-0.15, -0.1) is 0 Å². The molecule has 0 radical (unpaired) electrons. The Morgan fingerprint density at radius 2 is 2.14 bits per heavy atom. The molecule has 0 unspecified atom stereocenters. The average Bonchev–Trinajstić information content (AvgIpc) is 3.37. The van der Waals surface area contributed by atoms with E-state index in [0.29, 0.717) is 12.4 Å². The number of hydrogen-bond acceptors (Lipinski definition) is 5. The summed E-state index contributed by atoms with van der Waals surface area (Å²) < 4.78 is 22.7. The summed E-state index contributed by atoms with van der Waals surface area (Å²) in [6, 6.07) is 0. The van der Waals surface area contributed by atoms with Crippen molar-refractivity contribution in [3.8, 4) is 0 Å². The third kappa shape index (κ3) is 2.23. The van der Waals surface area contributed by atoms with E-state index in [4.69, 9.17) is 18.9 Å². The van der Waals surface area contributed by atoms with Gasteiger partial charge in [0, 0.05) is 13.2 Å². The first-order valence-electron chi connectivity index (χ1n) is 7.67. The Morgan fingerprint density at radius 3 is 2.64 bits per heavy atom. The van der Waals surface area contributed by atoms with Crippen LogP contribution in [-0.2, 0) is 23.7 Å². The summed E-state index contributed by atoms with van der Waals surface area (Å²) in [4.78, 5) is 12.4. The molecule has 22 heavy (non-hydrogen) atoms. The minimum atomic E-state index is -0.572. The fourth-order valence-corrected chi connectivity index (χ4v) is 3.71. The molecule has 0 N–H and O–H groups in total. The highest BCUT2D eigenvalue weighted by Crippen LogP contribution is 2.59. The standard InChI is InChI=1S/C17H24O5/c1-10(2)6-7-12-16(3,22-12)15-14(20-5)11(18)8-13(19-4)17(15)9-21-17/h6,8,12,14-15H,7,9H2,1-5H3/t12-,14-,15-,16+,17-/m1/s1. The summed E-state index contributed by atoms with van der Waals surface area (Å²) in [5, 5.41) is 0. The first-order valence-corrected chi connectivity index (χ1v) is 7.67. The molecule has 0 saturated carbocycles. The second kappa shape index (κ2) is 5.18. The van der Waals surface area contributed by atoms with Crippen LogP contribution in [0.1, 0.15) is 27.2 Å². The number of ether oxygens (including phenoxy) is 4. The molecule has 1 spiro atoms. The number of methoxy groups -OCH3 is 2. The van der Waals surface area contributed by atoms with Crippen molar-refractivity contribution >= 4 is 5.78 Å². The van der Waals surface area contributed by atoms with Crippen LogP contribution < -0.4 is 0 Å². The van der Waals surface area contributed by atoms with Crippen LogP contribution in [0.2, 0.25) is 0 Å². The summed E-state index contributed by atoms with van der Waals surface area (Å²) in [5.74, 6) is 0.324. The highest BCUT2D eigenvalue weighted by Gasteiger charge is 2.73. The van der Waals surface area contributed by atoms with E-state index in [0.717, 1.165) is 6.42 Å². The first-order chi connectivity index (χ1) is 10.4. The molecule has 0 aromatic heterocycles. The third-order valence-electron chi connectivity index (χ3n) is 5.04. The summed E-state index contributed by atoms with van der Waals surface area (Å²) in [6.07, 6.45) is 4.03. The maximum Gasteiger partial charge on any atom is 0.188 e. The van der Waals surface area contributed by atoms with E-state index in [1.165, 1.54) is 11.6 Å². The predicted octanol–water partition coefficient (Wildman–Crippen LogP) is 2.01. The lowest BCUT2D eigenvalue weighted by atomic mass is 9.71. The molecule has 5 nitrogen and oxygen atoms in total. The van der Waals surface area contributed by atoms with Gasteiger partial charge in [0.25, 0.3) is 0 Å². The monoisotopic (exact) mass is 308 g/mol. The summed E-state index contributed by atoms with van der Waals surface area (Å²) in [6.45, 7) is 6.72. The molecule has 5 atom stereocenters. The quantitative estimate of drug-likeness (QED) is 0.574. The second-order valence-corrected chi connectivity index (χ2v) is 6.73. The lowest BCUT2D eigenvalue weighted by Gasteiger charge is -2.36. The Labute approximate surface area is 131 Å².